The topological polar surface area (TPSA) is 125 Å². The number of aliphatic hydroxyl groups excluding tert-OH is 1. The van der Waals surface area contributed by atoms with Crippen LogP contribution in [0.1, 0.15) is 12.5 Å². The molecule has 1 saturated heterocycles. The molecule has 2 aromatic carbocycles. The van der Waals surface area contributed by atoms with Gasteiger partial charge in [-0.2, -0.15) is 4.31 Å². The van der Waals surface area contributed by atoms with Crippen LogP contribution in [0.15, 0.2) is 59.5 Å². The highest BCUT2D eigenvalue weighted by Gasteiger charge is 2.27. The first-order chi connectivity index (χ1) is 16.8. The number of hydrogen-bond donors (Lipinski definition) is 2. The number of benzene rings is 2. The Kier molecular flexibility index (Phi) is 9.61. The number of rotatable bonds is 11. The van der Waals surface area contributed by atoms with Crippen molar-refractivity contribution in [1.82, 2.24) is 14.5 Å². The maximum atomic E-state index is 13.0. The molecule has 35 heavy (non-hydrogen) atoms. The molecule has 0 radical (unpaired) electrons. The van der Waals surface area contributed by atoms with Crippen LogP contribution in [0.25, 0.3) is 0 Å². The van der Waals surface area contributed by atoms with Gasteiger partial charge in [-0.05, 0) is 36.8 Å². The van der Waals surface area contributed by atoms with Crippen LogP contribution in [0, 0.1) is 0 Å². The van der Waals surface area contributed by atoms with Crippen molar-refractivity contribution in [2.75, 3.05) is 46.1 Å². The Morgan fingerprint density at radius 3 is 2.40 bits per heavy atom. The smallest absolute Gasteiger partial charge is 0.261 e. The zero-order chi connectivity index (χ0) is 25.3. The van der Waals surface area contributed by atoms with Crippen LogP contribution in [0.2, 0.25) is 0 Å². The van der Waals surface area contributed by atoms with Crippen LogP contribution in [0.3, 0.4) is 0 Å². The molecule has 190 valence electrons. The quantitative estimate of drug-likeness (QED) is 0.458. The van der Waals surface area contributed by atoms with E-state index in [1.807, 2.05) is 30.3 Å². The summed E-state index contributed by atoms with van der Waals surface area (Å²) in [4.78, 5) is 27.0. The largest absolute Gasteiger partial charge is 0.484 e. The first-order valence-electron chi connectivity index (χ1n) is 11.4. The first-order valence-corrected chi connectivity index (χ1v) is 12.8. The second kappa shape index (κ2) is 12.6. The Morgan fingerprint density at radius 2 is 1.77 bits per heavy atom. The molecule has 0 saturated carbocycles. The van der Waals surface area contributed by atoms with Crippen LogP contribution < -0.4 is 10.1 Å². The van der Waals surface area contributed by atoms with Gasteiger partial charge in [0.25, 0.3) is 5.91 Å². The maximum absolute atomic E-state index is 13.0. The average molecular weight is 506 g/mol. The Bertz CT molecular complexity index is 1070. The van der Waals surface area contributed by atoms with Crippen molar-refractivity contribution < 1.29 is 32.6 Å². The summed E-state index contributed by atoms with van der Waals surface area (Å²) in [6.07, 6.45) is 0. The summed E-state index contributed by atoms with van der Waals surface area (Å²) in [7, 11) is -3.63. The van der Waals surface area contributed by atoms with Crippen molar-refractivity contribution >= 4 is 21.8 Å². The number of morpholine rings is 1. The molecule has 2 amide bonds. The normalized spacial score (nSPS) is 15.3. The van der Waals surface area contributed by atoms with E-state index in [4.69, 9.17) is 14.6 Å². The zero-order valence-corrected chi connectivity index (χ0v) is 20.4. The number of ether oxygens (including phenoxy) is 2. The van der Waals surface area contributed by atoms with Gasteiger partial charge in [0.15, 0.2) is 6.61 Å². The molecule has 2 aromatic rings. The van der Waals surface area contributed by atoms with E-state index in [2.05, 4.69) is 5.32 Å². The van der Waals surface area contributed by atoms with Gasteiger partial charge in [0, 0.05) is 26.2 Å². The highest BCUT2D eigenvalue weighted by atomic mass is 32.2. The Balaban J connectivity index is 1.66. The molecule has 11 heteroatoms. The Labute approximate surface area is 205 Å². The fourth-order valence-electron chi connectivity index (χ4n) is 3.56. The van der Waals surface area contributed by atoms with E-state index in [9.17, 15) is 18.0 Å². The zero-order valence-electron chi connectivity index (χ0n) is 19.6. The van der Waals surface area contributed by atoms with E-state index < -0.39 is 22.0 Å². The molecule has 2 N–H and O–H groups in total. The predicted octanol–water partition coefficient (Wildman–Crippen LogP) is 0.612. The standard InChI is InChI=1S/C24H31N3O7S/c1-19(24(30)25-11-14-28)27(17-20-5-3-2-4-6-20)23(29)18-34-21-7-9-22(10-8-21)35(31,32)26-12-15-33-16-13-26/h2-10,19,28H,11-18H2,1H3,(H,25,30)/t19-/m1/s1. The van der Waals surface area contributed by atoms with E-state index >= 15 is 0 Å². The molecule has 3 rings (SSSR count). The molecule has 0 bridgehead atoms. The molecule has 10 nitrogen and oxygen atoms in total. The molecule has 1 fully saturated rings. The van der Waals surface area contributed by atoms with Gasteiger partial charge in [-0.15, -0.1) is 0 Å². The lowest BCUT2D eigenvalue weighted by Crippen LogP contribution is -2.49. The van der Waals surface area contributed by atoms with Gasteiger partial charge < -0.3 is 24.8 Å². The minimum atomic E-state index is -3.63. The minimum absolute atomic E-state index is 0.0900. The maximum Gasteiger partial charge on any atom is 0.261 e. The summed E-state index contributed by atoms with van der Waals surface area (Å²) in [5.74, 6) is -0.470. The van der Waals surface area contributed by atoms with Gasteiger partial charge in [-0.3, -0.25) is 9.59 Å². The molecule has 1 aliphatic heterocycles. The van der Waals surface area contributed by atoms with E-state index in [1.54, 1.807) is 6.92 Å². The third-order valence-corrected chi connectivity index (χ3v) is 7.48. The number of aliphatic hydroxyl groups is 1. The fourth-order valence-corrected chi connectivity index (χ4v) is 4.97. The van der Waals surface area contributed by atoms with Crippen molar-refractivity contribution in [2.24, 2.45) is 0 Å². The summed E-state index contributed by atoms with van der Waals surface area (Å²) in [5, 5.41) is 11.6. The molecule has 0 unspecified atom stereocenters. The van der Waals surface area contributed by atoms with Crippen LogP contribution in [0.5, 0.6) is 5.75 Å². The highest BCUT2D eigenvalue weighted by Crippen LogP contribution is 2.21. The number of amides is 2. The van der Waals surface area contributed by atoms with Crippen molar-refractivity contribution in [3.63, 3.8) is 0 Å². The summed E-state index contributed by atoms with van der Waals surface area (Å²) >= 11 is 0. The number of sulfonamides is 1. The van der Waals surface area contributed by atoms with Crippen molar-refractivity contribution in [3.05, 3.63) is 60.2 Å². The van der Waals surface area contributed by atoms with Gasteiger partial charge in [-0.1, -0.05) is 30.3 Å². The van der Waals surface area contributed by atoms with Crippen LogP contribution in [-0.2, 0) is 30.9 Å². The minimum Gasteiger partial charge on any atom is -0.484 e. The summed E-state index contributed by atoms with van der Waals surface area (Å²) in [6.45, 7) is 2.69. The number of carbonyl (C=O) groups excluding carboxylic acids is 2. The first kappa shape index (κ1) is 26.6. The Hall–Kier alpha value is -2.99. The van der Waals surface area contributed by atoms with Gasteiger partial charge >= 0.3 is 0 Å². The number of carbonyl (C=O) groups is 2. The second-order valence-electron chi connectivity index (χ2n) is 7.97. The van der Waals surface area contributed by atoms with Gasteiger partial charge in [0.2, 0.25) is 15.9 Å². The summed E-state index contributed by atoms with van der Waals surface area (Å²) in [6, 6.07) is 14.3. The molecule has 0 aliphatic carbocycles. The van der Waals surface area contributed by atoms with Crippen molar-refractivity contribution in [1.29, 1.82) is 0 Å². The fraction of sp³-hybridized carbons (Fsp3) is 0.417. The third-order valence-electron chi connectivity index (χ3n) is 5.57. The predicted molar refractivity (Wildman–Crippen MR) is 128 cm³/mol. The van der Waals surface area contributed by atoms with Crippen LogP contribution in [-0.4, -0.2) is 86.6 Å². The number of nitrogens with one attached hydrogen (secondary N) is 1. The molecular formula is C24H31N3O7S. The summed E-state index contributed by atoms with van der Waals surface area (Å²) in [5.41, 5.74) is 0.848. The van der Waals surface area contributed by atoms with Gasteiger partial charge in [0.05, 0.1) is 24.7 Å². The second-order valence-corrected chi connectivity index (χ2v) is 9.91. The van der Waals surface area contributed by atoms with E-state index in [1.165, 1.54) is 33.5 Å². The lowest BCUT2D eigenvalue weighted by molar-refractivity contribution is -0.142. The van der Waals surface area contributed by atoms with E-state index in [-0.39, 0.29) is 37.1 Å². The van der Waals surface area contributed by atoms with Gasteiger partial charge in [0.1, 0.15) is 11.8 Å². The van der Waals surface area contributed by atoms with Crippen LogP contribution >= 0.6 is 0 Å². The number of hydrogen-bond acceptors (Lipinski definition) is 7. The Morgan fingerprint density at radius 1 is 1.11 bits per heavy atom. The molecule has 1 aliphatic rings. The van der Waals surface area contributed by atoms with E-state index in [0.29, 0.717) is 32.1 Å². The summed E-state index contributed by atoms with van der Waals surface area (Å²) < 4.78 is 37.7. The van der Waals surface area contributed by atoms with E-state index in [0.717, 1.165) is 5.56 Å². The molecular weight excluding hydrogens is 474 g/mol. The lowest BCUT2D eigenvalue weighted by Gasteiger charge is -2.28. The van der Waals surface area contributed by atoms with Crippen molar-refractivity contribution in [2.45, 2.75) is 24.4 Å². The monoisotopic (exact) mass is 505 g/mol. The van der Waals surface area contributed by atoms with Crippen molar-refractivity contribution in [3.8, 4) is 5.75 Å². The average Bonchev–Trinajstić information content (AvgIpc) is 2.90. The molecule has 1 heterocycles. The SMILES string of the molecule is C[C@H](C(=O)NCCO)N(Cc1ccccc1)C(=O)COc1ccc(S(=O)(=O)N2CCOCC2)cc1. The molecule has 0 aromatic heterocycles. The molecule has 1 atom stereocenters. The number of nitrogens with zero attached hydrogens (tertiary/aromatic N) is 2. The van der Waals surface area contributed by atoms with Gasteiger partial charge in [-0.25, -0.2) is 8.42 Å². The van der Waals surface area contributed by atoms with Crippen LogP contribution in [0.4, 0.5) is 0 Å². The third kappa shape index (κ3) is 7.25. The molecule has 0 spiro atoms. The highest BCUT2D eigenvalue weighted by molar-refractivity contribution is 7.89. The lowest BCUT2D eigenvalue weighted by atomic mass is 10.1.